The van der Waals surface area contributed by atoms with Crippen LogP contribution in [0, 0.1) is 17.2 Å². The summed E-state index contributed by atoms with van der Waals surface area (Å²) in [6.07, 6.45) is 0.542. The Balaban J connectivity index is 2.66. The summed E-state index contributed by atoms with van der Waals surface area (Å²) in [6, 6.07) is 9.34. The number of nitrogens with zero attached hydrogens (tertiary/aromatic N) is 2. The zero-order valence-electron chi connectivity index (χ0n) is 9.98. The lowest BCUT2D eigenvalue weighted by molar-refractivity contribution is -0.133. The Labute approximate surface area is 107 Å². The van der Waals surface area contributed by atoms with Crippen LogP contribution in [-0.4, -0.2) is 17.9 Å². The predicted octanol–water partition coefficient (Wildman–Crippen LogP) is 2.85. The highest BCUT2D eigenvalue weighted by Gasteiger charge is 2.19. The number of amides is 1. The Morgan fingerprint density at radius 2 is 2.06 bits per heavy atom. The molecular weight excluding hydrogens is 236 g/mol. The third-order valence-corrected chi connectivity index (χ3v) is 2.82. The van der Waals surface area contributed by atoms with E-state index in [4.69, 9.17) is 16.9 Å². The van der Waals surface area contributed by atoms with Crippen molar-refractivity contribution in [3.05, 3.63) is 34.9 Å². The largest absolute Gasteiger partial charge is 0.340 e. The van der Waals surface area contributed by atoms with Crippen LogP contribution >= 0.6 is 11.6 Å². The number of nitriles is 1. The first kappa shape index (κ1) is 13.5. The molecule has 0 radical (unpaired) electrons. The predicted molar refractivity (Wildman–Crippen MR) is 67.3 cm³/mol. The maximum atomic E-state index is 11.9. The van der Waals surface area contributed by atoms with Gasteiger partial charge in [0, 0.05) is 18.6 Å². The van der Waals surface area contributed by atoms with Crippen molar-refractivity contribution in [1.29, 1.82) is 5.26 Å². The van der Waals surface area contributed by atoms with E-state index in [-0.39, 0.29) is 5.91 Å². The lowest BCUT2D eigenvalue weighted by Crippen LogP contribution is -2.31. The fraction of sp³-hybridized carbons (Fsp3) is 0.385. The van der Waals surface area contributed by atoms with Crippen LogP contribution < -0.4 is 0 Å². The highest BCUT2D eigenvalue weighted by Crippen LogP contribution is 2.13. The van der Waals surface area contributed by atoms with E-state index < -0.39 is 5.92 Å². The minimum absolute atomic E-state index is 0.134. The van der Waals surface area contributed by atoms with E-state index in [1.165, 1.54) is 0 Å². The molecule has 0 aliphatic heterocycles. The second-order valence-corrected chi connectivity index (χ2v) is 4.35. The van der Waals surface area contributed by atoms with Crippen LogP contribution in [0.25, 0.3) is 0 Å². The van der Waals surface area contributed by atoms with E-state index in [9.17, 15) is 4.79 Å². The number of carbonyl (C=O) groups is 1. The lowest BCUT2D eigenvalue weighted by Gasteiger charge is -2.19. The normalized spacial score (nSPS) is 11.6. The first-order valence-corrected chi connectivity index (χ1v) is 5.85. The summed E-state index contributed by atoms with van der Waals surface area (Å²) in [5, 5.41) is 9.51. The van der Waals surface area contributed by atoms with Gasteiger partial charge in [-0.25, -0.2) is 0 Å². The molecule has 0 aromatic heterocycles. The first-order valence-electron chi connectivity index (χ1n) is 5.47. The quantitative estimate of drug-likeness (QED) is 0.825. The molecular formula is C13H15ClN2O. The molecule has 1 unspecified atom stereocenters. The number of rotatable bonds is 4. The summed E-state index contributed by atoms with van der Waals surface area (Å²) in [5.74, 6) is -0.683. The molecule has 0 aliphatic rings. The topological polar surface area (TPSA) is 44.1 Å². The minimum atomic E-state index is -0.549. The molecule has 0 bridgehead atoms. The molecule has 1 aromatic rings. The van der Waals surface area contributed by atoms with Gasteiger partial charge in [0.1, 0.15) is 5.92 Å². The van der Waals surface area contributed by atoms with Gasteiger partial charge in [-0.15, -0.1) is 0 Å². The number of halogens is 1. The molecule has 4 heteroatoms. The Morgan fingerprint density at radius 1 is 1.47 bits per heavy atom. The number of carbonyl (C=O) groups excluding carboxylic acids is 1. The minimum Gasteiger partial charge on any atom is -0.340 e. The zero-order valence-corrected chi connectivity index (χ0v) is 10.7. The van der Waals surface area contributed by atoms with Gasteiger partial charge < -0.3 is 4.90 Å². The van der Waals surface area contributed by atoms with Crippen LogP contribution in [0.15, 0.2) is 24.3 Å². The fourth-order valence-corrected chi connectivity index (χ4v) is 1.65. The maximum absolute atomic E-state index is 11.9. The highest BCUT2D eigenvalue weighted by molar-refractivity contribution is 6.30. The Morgan fingerprint density at radius 3 is 2.53 bits per heavy atom. The standard InChI is InChI=1S/C13H15ClN2O/c1-3-11(8-15)13(17)16(2)9-10-4-6-12(14)7-5-10/h4-7,11H,3,9H2,1-2H3. The van der Waals surface area contributed by atoms with Gasteiger partial charge in [-0.1, -0.05) is 30.7 Å². The summed E-state index contributed by atoms with van der Waals surface area (Å²) < 4.78 is 0. The smallest absolute Gasteiger partial charge is 0.239 e. The van der Waals surface area contributed by atoms with Gasteiger partial charge in [-0.3, -0.25) is 4.79 Å². The van der Waals surface area contributed by atoms with Crippen molar-refractivity contribution in [3.8, 4) is 6.07 Å². The van der Waals surface area contributed by atoms with Crippen molar-refractivity contribution in [2.45, 2.75) is 19.9 Å². The van der Waals surface area contributed by atoms with E-state index in [1.54, 1.807) is 24.1 Å². The average molecular weight is 251 g/mol. The van der Waals surface area contributed by atoms with Crippen LogP contribution in [-0.2, 0) is 11.3 Å². The highest BCUT2D eigenvalue weighted by atomic mass is 35.5. The van der Waals surface area contributed by atoms with Gasteiger partial charge in [-0.2, -0.15) is 5.26 Å². The van der Waals surface area contributed by atoms with Crippen molar-refractivity contribution < 1.29 is 4.79 Å². The SMILES string of the molecule is CCC(C#N)C(=O)N(C)Cc1ccc(Cl)cc1. The number of benzene rings is 1. The zero-order chi connectivity index (χ0) is 12.8. The average Bonchev–Trinajstić information content (AvgIpc) is 2.33. The van der Waals surface area contributed by atoms with E-state index in [0.29, 0.717) is 18.0 Å². The van der Waals surface area contributed by atoms with Crippen LogP contribution in [0.4, 0.5) is 0 Å². The third-order valence-electron chi connectivity index (χ3n) is 2.57. The molecule has 0 saturated carbocycles. The summed E-state index contributed by atoms with van der Waals surface area (Å²) in [7, 11) is 1.71. The van der Waals surface area contributed by atoms with Gasteiger partial charge >= 0.3 is 0 Å². The Hall–Kier alpha value is -1.53. The lowest BCUT2D eigenvalue weighted by atomic mass is 10.1. The Kier molecular flexibility index (Phi) is 4.99. The monoisotopic (exact) mass is 250 g/mol. The van der Waals surface area contributed by atoms with Crippen molar-refractivity contribution in [3.63, 3.8) is 0 Å². The third kappa shape index (κ3) is 3.76. The molecule has 0 heterocycles. The van der Waals surface area contributed by atoms with Crippen LogP contribution in [0.3, 0.4) is 0 Å². The maximum Gasteiger partial charge on any atom is 0.239 e. The van der Waals surface area contributed by atoms with Crippen molar-refractivity contribution >= 4 is 17.5 Å². The van der Waals surface area contributed by atoms with E-state index >= 15 is 0 Å². The number of hydrogen-bond donors (Lipinski definition) is 0. The first-order chi connectivity index (χ1) is 8.08. The van der Waals surface area contributed by atoms with Crippen LogP contribution in [0.2, 0.25) is 5.02 Å². The molecule has 0 N–H and O–H groups in total. The molecule has 17 heavy (non-hydrogen) atoms. The van der Waals surface area contributed by atoms with Gasteiger partial charge in [0.15, 0.2) is 0 Å². The molecule has 1 rings (SSSR count). The molecule has 1 atom stereocenters. The summed E-state index contributed by atoms with van der Waals surface area (Å²) >= 11 is 5.78. The number of hydrogen-bond acceptors (Lipinski definition) is 2. The van der Waals surface area contributed by atoms with Gasteiger partial charge in [-0.05, 0) is 24.1 Å². The second-order valence-electron chi connectivity index (χ2n) is 3.91. The fourth-order valence-electron chi connectivity index (χ4n) is 1.53. The molecule has 90 valence electrons. The van der Waals surface area contributed by atoms with Gasteiger partial charge in [0.2, 0.25) is 5.91 Å². The second kappa shape index (κ2) is 6.27. The van der Waals surface area contributed by atoms with Gasteiger partial charge in [0.25, 0.3) is 0 Å². The van der Waals surface area contributed by atoms with E-state index in [0.717, 1.165) is 5.56 Å². The van der Waals surface area contributed by atoms with Crippen LogP contribution in [0.5, 0.6) is 0 Å². The van der Waals surface area contributed by atoms with E-state index in [1.807, 2.05) is 25.1 Å². The molecule has 0 saturated heterocycles. The van der Waals surface area contributed by atoms with Crippen molar-refractivity contribution in [1.82, 2.24) is 4.90 Å². The summed E-state index contributed by atoms with van der Waals surface area (Å²) in [4.78, 5) is 13.4. The van der Waals surface area contributed by atoms with Gasteiger partial charge in [0.05, 0.1) is 6.07 Å². The Bertz CT molecular complexity index is 422. The summed E-state index contributed by atoms with van der Waals surface area (Å²) in [5.41, 5.74) is 0.998. The molecule has 0 fully saturated rings. The molecule has 1 aromatic carbocycles. The van der Waals surface area contributed by atoms with Crippen LogP contribution in [0.1, 0.15) is 18.9 Å². The van der Waals surface area contributed by atoms with E-state index in [2.05, 4.69) is 0 Å². The van der Waals surface area contributed by atoms with Crippen molar-refractivity contribution in [2.24, 2.45) is 5.92 Å². The molecule has 3 nitrogen and oxygen atoms in total. The summed E-state index contributed by atoms with van der Waals surface area (Å²) in [6.45, 7) is 2.33. The molecule has 0 aliphatic carbocycles. The molecule has 0 spiro atoms. The van der Waals surface area contributed by atoms with Crippen molar-refractivity contribution in [2.75, 3.05) is 7.05 Å². The molecule has 1 amide bonds.